The number of hydrogen-bond donors (Lipinski definition) is 2. The fourth-order valence-corrected chi connectivity index (χ4v) is 2.51. The van der Waals surface area contributed by atoms with E-state index in [4.69, 9.17) is 14.6 Å². The Hall–Kier alpha value is -1.43. The van der Waals surface area contributed by atoms with Gasteiger partial charge >= 0.3 is 5.97 Å². The van der Waals surface area contributed by atoms with Crippen LogP contribution in [-0.4, -0.2) is 36.6 Å². The second-order valence-electron chi connectivity index (χ2n) is 5.14. The SMILES string of the molecule is CNC(C(=O)O)[C@@H]1OC(OCc2ccccc2)C[C@H]1C. The number of carboxylic acid groups (broad SMARTS) is 1. The first-order valence-corrected chi connectivity index (χ1v) is 6.83. The summed E-state index contributed by atoms with van der Waals surface area (Å²) < 4.78 is 11.5. The van der Waals surface area contributed by atoms with E-state index in [2.05, 4.69) is 5.32 Å². The molecule has 5 heteroatoms. The molecule has 20 heavy (non-hydrogen) atoms. The summed E-state index contributed by atoms with van der Waals surface area (Å²) >= 11 is 0. The summed E-state index contributed by atoms with van der Waals surface area (Å²) in [4.78, 5) is 11.2. The van der Waals surface area contributed by atoms with Gasteiger partial charge in [-0.25, -0.2) is 0 Å². The number of carboxylic acids is 1. The van der Waals surface area contributed by atoms with E-state index in [9.17, 15) is 4.79 Å². The predicted molar refractivity (Wildman–Crippen MR) is 74.2 cm³/mol. The van der Waals surface area contributed by atoms with Crippen LogP contribution in [-0.2, 0) is 20.9 Å². The summed E-state index contributed by atoms with van der Waals surface area (Å²) in [5.41, 5.74) is 1.08. The Morgan fingerprint density at radius 2 is 2.20 bits per heavy atom. The number of nitrogens with one attached hydrogen (secondary N) is 1. The molecule has 0 bridgehead atoms. The molecule has 0 radical (unpaired) electrons. The average molecular weight is 279 g/mol. The Kier molecular flexibility index (Phi) is 5.11. The first kappa shape index (κ1) is 15.0. The van der Waals surface area contributed by atoms with Gasteiger partial charge < -0.3 is 19.9 Å². The molecule has 1 heterocycles. The van der Waals surface area contributed by atoms with Crippen LogP contribution in [0.15, 0.2) is 30.3 Å². The highest BCUT2D eigenvalue weighted by Gasteiger charge is 2.40. The maximum atomic E-state index is 11.2. The lowest BCUT2D eigenvalue weighted by Gasteiger charge is -2.22. The van der Waals surface area contributed by atoms with Gasteiger partial charge in [0.25, 0.3) is 0 Å². The number of aliphatic carboxylic acids is 1. The van der Waals surface area contributed by atoms with Gasteiger partial charge in [-0.3, -0.25) is 4.79 Å². The molecule has 1 aliphatic heterocycles. The first-order chi connectivity index (χ1) is 9.61. The van der Waals surface area contributed by atoms with Crippen molar-refractivity contribution >= 4 is 5.97 Å². The third-order valence-corrected chi connectivity index (χ3v) is 3.62. The van der Waals surface area contributed by atoms with Crippen molar-refractivity contribution in [3.8, 4) is 0 Å². The molecular formula is C15H21NO4. The lowest BCUT2D eigenvalue weighted by molar-refractivity contribution is -0.160. The predicted octanol–water partition coefficient (Wildman–Crippen LogP) is 1.63. The Balaban J connectivity index is 1.88. The fourth-order valence-electron chi connectivity index (χ4n) is 2.51. The molecule has 110 valence electrons. The van der Waals surface area contributed by atoms with Gasteiger partial charge in [0.15, 0.2) is 6.29 Å². The number of rotatable bonds is 6. The minimum Gasteiger partial charge on any atom is -0.480 e. The van der Waals surface area contributed by atoms with E-state index in [0.29, 0.717) is 13.0 Å². The molecule has 1 fully saturated rings. The van der Waals surface area contributed by atoms with Gasteiger partial charge in [0.05, 0.1) is 12.7 Å². The first-order valence-electron chi connectivity index (χ1n) is 6.83. The van der Waals surface area contributed by atoms with Crippen LogP contribution in [0.3, 0.4) is 0 Å². The Labute approximate surface area is 118 Å². The molecule has 2 N–H and O–H groups in total. The Morgan fingerprint density at radius 1 is 1.50 bits per heavy atom. The molecule has 0 saturated carbocycles. The number of likely N-dealkylation sites (N-methyl/N-ethyl adjacent to an activating group) is 1. The average Bonchev–Trinajstić information content (AvgIpc) is 2.79. The summed E-state index contributed by atoms with van der Waals surface area (Å²) in [6, 6.07) is 9.16. The van der Waals surface area contributed by atoms with Crippen LogP contribution in [0.4, 0.5) is 0 Å². The highest BCUT2D eigenvalue weighted by atomic mass is 16.7. The van der Waals surface area contributed by atoms with Crippen molar-refractivity contribution in [2.45, 2.75) is 38.4 Å². The Morgan fingerprint density at radius 3 is 2.80 bits per heavy atom. The molecule has 1 aromatic rings. The number of hydrogen-bond acceptors (Lipinski definition) is 4. The summed E-state index contributed by atoms with van der Waals surface area (Å²) in [7, 11) is 1.63. The van der Waals surface area contributed by atoms with Crippen LogP contribution < -0.4 is 5.32 Å². The monoisotopic (exact) mass is 279 g/mol. The minimum absolute atomic E-state index is 0.143. The summed E-state index contributed by atoms with van der Waals surface area (Å²) in [5.74, 6) is -0.752. The van der Waals surface area contributed by atoms with Crippen LogP contribution in [0.25, 0.3) is 0 Å². The van der Waals surface area contributed by atoms with Gasteiger partial charge in [0.1, 0.15) is 6.04 Å². The summed E-state index contributed by atoms with van der Waals surface area (Å²) in [6.45, 7) is 2.46. The van der Waals surface area contributed by atoms with E-state index >= 15 is 0 Å². The molecular weight excluding hydrogens is 258 g/mol. The largest absolute Gasteiger partial charge is 0.480 e. The number of ether oxygens (including phenoxy) is 2. The van der Waals surface area contributed by atoms with Crippen molar-refractivity contribution < 1.29 is 19.4 Å². The van der Waals surface area contributed by atoms with Crippen molar-refractivity contribution in [2.24, 2.45) is 5.92 Å². The smallest absolute Gasteiger partial charge is 0.323 e. The van der Waals surface area contributed by atoms with E-state index in [0.717, 1.165) is 5.56 Å². The van der Waals surface area contributed by atoms with Gasteiger partial charge in [-0.05, 0) is 18.5 Å². The molecule has 5 nitrogen and oxygen atoms in total. The molecule has 0 aliphatic carbocycles. The molecule has 0 aromatic heterocycles. The normalized spacial score (nSPS) is 27.4. The molecule has 4 atom stereocenters. The summed E-state index contributed by atoms with van der Waals surface area (Å²) in [6.07, 6.45) is 0.00634. The van der Waals surface area contributed by atoms with Gasteiger partial charge in [-0.2, -0.15) is 0 Å². The highest BCUT2D eigenvalue weighted by Crippen LogP contribution is 2.29. The third-order valence-electron chi connectivity index (χ3n) is 3.62. The Bertz CT molecular complexity index is 437. The number of carbonyl (C=O) groups is 1. The van der Waals surface area contributed by atoms with Gasteiger partial charge in [-0.15, -0.1) is 0 Å². The molecule has 0 amide bonds. The quantitative estimate of drug-likeness (QED) is 0.828. The van der Waals surface area contributed by atoms with Crippen molar-refractivity contribution in [1.29, 1.82) is 0 Å². The van der Waals surface area contributed by atoms with Gasteiger partial charge in [0, 0.05) is 6.42 Å². The van der Waals surface area contributed by atoms with Crippen molar-refractivity contribution in [3.05, 3.63) is 35.9 Å². The van der Waals surface area contributed by atoms with Gasteiger partial charge in [0.2, 0.25) is 0 Å². The third kappa shape index (κ3) is 3.56. The van der Waals surface area contributed by atoms with Gasteiger partial charge in [-0.1, -0.05) is 37.3 Å². The lowest BCUT2D eigenvalue weighted by Crippen LogP contribution is -2.46. The van der Waals surface area contributed by atoms with E-state index in [1.54, 1.807) is 7.05 Å². The zero-order valence-corrected chi connectivity index (χ0v) is 11.8. The molecule has 2 unspecified atom stereocenters. The van der Waals surface area contributed by atoms with Crippen LogP contribution in [0.5, 0.6) is 0 Å². The fraction of sp³-hybridized carbons (Fsp3) is 0.533. The minimum atomic E-state index is -0.895. The summed E-state index contributed by atoms with van der Waals surface area (Å²) in [5, 5.41) is 12.0. The second kappa shape index (κ2) is 6.83. The van der Waals surface area contributed by atoms with Crippen LogP contribution in [0.2, 0.25) is 0 Å². The highest BCUT2D eigenvalue weighted by molar-refractivity contribution is 5.74. The van der Waals surface area contributed by atoms with E-state index in [1.807, 2.05) is 37.3 Å². The van der Waals surface area contributed by atoms with Crippen molar-refractivity contribution in [3.63, 3.8) is 0 Å². The van der Waals surface area contributed by atoms with E-state index in [1.165, 1.54) is 0 Å². The van der Waals surface area contributed by atoms with E-state index in [-0.39, 0.29) is 18.3 Å². The molecule has 0 spiro atoms. The maximum absolute atomic E-state index is 11.2. The van der Waals surface area contributed by atoms with Crippen molar-refractivity contribution in [2.75, 3.05) is 7.05 Å². The van der Waals surface area contributed by atoms with Crippen LogP contribution in [0.1, 0.15) is 18.9 Å². The number of benzene rings is 1. The second-order valence-corrected chi connectivity index (χ2v) is 5.14. The maximum Gasteiger partial charge on any atom is 0.323 e. The van der Waals surface area contributed by atoms with Crippen LogP contribution in [0, 0.1) is 5.92 Å². The standard InChI is InChI=1S/C15H21NO4/c1-10-8-12(19-9-11-6-4-3-5-7-11)20-14(10)13(16-2)15(17)18/h3-7,10,12-14,16H,8-9H2,1-2H3,(H,17,18)/t10-,12?,13?,14-/m1/s1. The topological polar surface area (TPSA) is 67.8 Å². The zero-order valence-electron chi connectivity index (χ0n) is 11.8. The molecule has 2 rings (SSSR count). The zero-order chi connectivity index (χ0) is 14.5. The van der Waals surface area contributed by atoms with Crippen molar-refractivity contribution in [1.82, 2.24) is 5.32 Å². The molecule has 1 aliphatic rings. The molecule has 1 aromatic carbocycles. The molecule has 1 saturated heterocycles. The lowest BCUT2D eigenvalue weighted by atomic mass is 9.97. The van der Waals surface area contributed by atoms with Crippen LogP contribution >= 0.6 is 0 Å². The van der Waals surface area contributed by atoms with E-state index < -0.39 is 12.0 Å².